The SMILES string of the molecule is COc1ccc(N2C(=O)[C@]3(CC[C@@](O)(c4ccccc4)O3)[C@@H]2[C@H]2COC(C)(C)O2)cc1. The molecule has 4 atom stereocenters. The van der Waals surface area contributed by atoms with E-state index in [1.807, 2.05) is 68.4 Å². The lowest BCUT2D eigenvalue weighted by Crippen LogP contribution is -2.78. The Morgan fingerprint density at radius 1 is 1.06 bits per heavy atom. The standard InChI is InChI=1S/C24H27NO6/c1-22(2)29-15-19(30-22)20-23(13-14-24(27,31-23)16-7-5-4-6-8-16)21(26)25(20)17-9-11-18(28-3)12-10-17/h4-12,19-20,27H,13-15H2,1-3H3/t19-,20+,23+,24+/m1/s1. The van der Waals surface area contributed by atoms with E-state index >= 15 is 0 Å². The highest BCUT2D eigenvalue weighted by Crippen LogP contribution is 2.54. The van der Waals surface area contributed by atoms with E-state index in [0.29, 0.717) is 30.8 Å². The van der Waals surface area contributed by atoms with E-state index < -0.39 is 23.2 Å². The van der Waals surface area contributed by atoms with Gasteiger partial charge in [0.2, 0.25) is 0 Å². The number of anilines is 1. The topological polar surface area (TPSA) is 77.5 Å². The molecule has 164 valence electrons. The van der Waals surface area contributed by atoms with Crippen LogP contribution in [0.25, 0.3) is 0 Å². The number of aliphatic hydroxyl groups is 1. The first kappa shape index (κ1) is 20.5. The number of ether oxygens (including phenoxy) is 4. The van der Waals surface area contributed by atoms with E-state index in [4.69, 9.17) is 18.9 Å². The summed E-state index contributed by atoms with van der Waals surface area (Å²) >= 11 is 0. The molecule has 7 heteroatoms. The molecular formula is C24H27NO6. The Labute approximate surface area is 181 Å². The third kappa shape index (κ3) is 3.15. The first-order valence-corrected chi connectivity index (χ1v) is 10.6. The van der Waals surface area contributed by atoms with Gasteiger partial charge in [-0.25, -0.2) is 0 Å². The highest BCUT2D eigenvalue weighted by atomic mass is 16.7. The number of rotatable bonds is 4. The Morgan fingerprint density at radius 3 is 2.39 bits per heavy atom. The second kappa shape index (κ2) is 7.03. The predicted molar refractivity (Wildman–Crippen MR) is 113 cm³/mol. The highest BCUT2D eigenvalue weighted by molar-refractivity contribution is 6.08. The van der Waals surface area contributed by atoms with Gasteiger partial charge in [-0.2, -0.15) is 0 Å². The van der Waals surface area contributed by atoms with Gasteiger partial charge in [-0.05, 0) is 44.5 Å². The van der Waals surface area contributed by atoms with Crippen molar-refractivity contribution in [3.05, 3.63) is 60.2 Å². The fourth-order valence-corrected chi connectivity index (χ4v) is 4.98. The minimum atomic E-state index is -1.52. The van der Waals surface area contributed by atoms with Gasteiger partial charge in [0.25, 0.3) is 5.91 Å². The molecule has 3 aliphatic rings. The number of carbonyl (C=O) groups is 1. The van der Waals surface area contributed by atoms with E-state index in [1.165, 1.54) is 0 Å². The minimum Gasteiger partial charge on any atom is -0.497 e. The fourth-order valence-electron chi connectivity index (χ4n) is 4.98. The van der Waals surface area contributed by atoms with Gasteiger partial charge < -0.3 is 29.0 Å². The van der Waals surface area contributed by atoms with Gasteiger partial charge in [0, 0.05) is 17.7 Å². The number of methoxy groups -OCH3 is 1. The third-order valence-electron chi connectivity index (χ3n) is 6.48. The molecule has 3 heterocycles. The first-order chi connectivity index (χ1) is 14.8. The molecule has 0 aromatic heterocycles. The molecule has 1 N–H and O–H groups in total. The van der Waals surface area contributed by atoms with Crippen LogP contribution < -0.4 is 9.64 Å². The Kier molecular flexibility index (Phi) is 4.64. The Hall–Kier alpha value is -2.45. The first-order valence-electron chi connectivity index (χ1n) is 10.6. The lowest BCUT2D eigenvalue weighted by molar-refractivity contribution is -0.251. The van der Waals surface area contributed by atoms with Crippen LogP contribution in [0.1, 0.15) is 32.3 Å². The molecule has 0 bridgehead atoms. The summed E-state index contributed by atoms with van der Waals surface area (Å²) in [5.41, 5.74) is 0.206. The Bertz CT molecular complexity index is 977. The summed E-state index contributed by atoms with van der Waals surface area (Å²) in [7, 11) is 1.60. The smallest absolute Gasteiger partial charge is 0.262 e. The molecule has 3 fully saturated rings. The van der Waals surface area contributed by atoms with E-state index in [-0.39, 0.29) is 12.0 Å². The molecule has 0 aliphatic carbocycles. The molecule has 31 heavy (non-hydrogen) atoms. The van der Waals surface area contributed by atoms with Crippen LogP contribution in [0.3, 0.4) is 0 Å². The predicted octanol–water partition coefficient (Wildman–Crippen LogP) is 2.96. The van der Waals surface area contributed by atoms with Crippen molar-refractivity contribution >= 4 is 11.6 Å². The number of amides is 1. The van der Waals surface area contributed by atoms with E-state index in [2.05, 4.69) is 0 Å². The van der Waals surface area contributed by atoms with Gasteiger partial charge in [0.1, 0.15) is 17.9 Å². The van der Waals surface area contributed by atoms with E-state index in [9.17, 15) is 9.90 Å². The molecule has 0 radical (unpaired) electrons. The molecule has 2 aromatic rings. The molecular weight excluding hydrogens is 398 g/mol. The third-order valence-corrected chi connectivity index (χ3v) is 6.48. The number of β-lactam (4-membered cyclic amide) rings is 1. The van der Waals surface area contributed by atoms with Crippen LogP contribution >= 0.6 is 0 Å². The highest BCUT2D eigenvalue weighted by Gasteiger charge is 2.71. The normalized spacial score (nSPS) is 34.2. The van der Waals surface area contributed by atoms with Gasteiger partial charge in [-0.3, -0.25) is 4.79 Å². The molecule has 3 aliphatic heterocycles. The summed E-state index contributed by atoms with van der Waals surface area (Å²) in [6.07, 6.45) is 0.342. The van der Waals surface area contributed by atoms with Crippen molar-refractivity contribution in [1.82, 2.24) is 0 Å². The van der Waals surface area contributed by atoms with Crippen LogP contribution in [-0.4, -0.2) is 48.3 Å². The van der Waals surface area contributed by atoms with Crippen molar-refractivity contribution in [1.29, 1.82) is 0 Å². The van der Waals surface area contributed by atoms with Crippen LogP contribution in [0.4, 0.5) is 5.69 Å². The number of benzene rings is 2. The van der Waals surface area contributed by atoms with Crippen molar-refractivity contribution in [2.45, 2.75) is 56.0 Å². The maximum atomic E-state index is 13.6. The van der Waals surface area contributed by atoms with E-state index in [1.54, 1.807) is 12.0 Å². The number of carbonyl (C=O) groups excluding carboxylic acids is 1. The van der Waals surface area contributed by atoms with Crippen LogP contribution in [0.15, 0.2) is 54.6 Å². The zero-order valence-electron chi connectivity index (χ0n) is 17.9. The van der Waals surface area contributed by atoms with Gasteiger partial charge in [0.05, 0.1) is 13.7 Å². The van der Waals surface area contributed by atoms with Gasteiger partial charge in [-0.1, -0.05) is 30.3 Å². The monoisotopic (exact) mass is 425 g/mol. The van der Waals surface area contributed by atoms with Crippen molar-refractivity contribution in [3.63, 3.8) is 0 Å². The molecule has 1 spiro atoms. The lowest BCUT2D eigenvalue weighted by atomic mass is 9.76. The second-order valence-corrected chi connectivity index (χ2v) is 8.83. The maximum Gasteiger partial charge on any atom is 0.262 e. The van der Waals surface area contributed by atoms with Crippen LogP contribution in [0, 0.1) is 0 Å². The zero-order valence-corrected chi connectivity index (χ0v) is 17.9. The minimum absolute atomic E-state index is 0.178. The van der Waals surface area contributed by atoms with Crippen LogP contribution in [-0.2, 0) is 24.8 Å². The Morgan fingerprint density at radius 2 is 1.77 bits per heavy atom. The lowest BCUT2D eigenvalue weighted by Gasteiger charge is -2.55. The van der Waals surface area contributed by atoms with Crippen LogP contribution in [0.5, 0.6) is 5.75 Å². The van der Waals surface area contributed by atoms with Crippen molar-refractivity contribution in [2.75, 3.05) is 18.6 Å². The average Bonchev–Trinajstić information content (AvgIpc) is 3.34. The van der Waals surface area contributed by atoms with Gasteiger partial charge in [-0.15, -0.1) is 0 Å². The molecule has 1 amide bonds. The molecule has 0 unspecified atom stereocenters. The second-order valence-electron chi connectivity index (χ2n) is 8.83. The molecule has 5 rings (SSSR count). The zero-order chi connectivity index (χ0) is 21.9. The molecule has 0 saturated carbocycles. The van der Waals surface area contributed by atoms with Gasteiger partial charge >= 0.3 is 0 Å². The summed E-state index contributed by atoms with van der Waals surface area (Å²) < 4.78 is 23.5. The summed E-state index contributed by atoms with van der Waals surface area (Å²) in [5, 5.41) is 11.3. The average molecular weight is 425 g/mol. The number of hydrogen-bond donors (Lipinski definition) is 1. The Balaban J connectivity index is 1.50. The molecule has 3 saturated heterocycles. The largest absolute Gasteiger partial charge is 0.497 e. The summed E-state index contributed by atoms with van der Waals surface area (Å²) in [5.74, 6) is -1.73. The summed E-state index contributed by atoms with van der Waals surface area (Å²) in [4.78, 5) is 15.3. The van der Waals surface area contributed by atoms with Crippen molar-refractivity contribution < 1.29 is 28.8 Å². The summed E-state index contributed by atoms with van der Waals surface area (Å²) in [6.45, 7) is 4.05. The maximum absolute atomic E-state index is 13.6. The molecule has 7 nitrogen and oxygen atoms in total. The fraction of sp³-hybridized carbons (Fsp3) is 0.458. The van der Waals surface area contributed by atoms with Crippen molar-refractivity contribution in [2.24, 2.45) is 0 Å². The number of nitrogens with zero attached hydrogens (tertiary/aromatic N) is 1. The molecule has 2 aromatic carbocycles. The van der Waals surface area contributed by atoms with Gasteiger partial charge in [0.15, 0.2) is 17.2 Å². The van der Waals surface area contributed by atoms with Crippen LogP contribution in [0.2, 0.25) is 0 Å². The number of hydrogen-bond acceptors (Lipinski definition) is 6. The van der Waals surface area contributed by atoms with Crippen molar-refractivity contribution in [3.8, 4) is 5.75 Å². The van der Waals surface area contributed by atoms with E-state index in [0.717, 1.165) is 5.69 Å². The summed E-state index contributed by atoms with van der Waals surface area (Å²) in [6, 6.07) is 16.1. The quantitative estimate of drug-likeness (QED) is 0.759.